The van der Waals surface area contributed by atoms with Gasteiger partial charge >= 0.3 is 0 Å². The van der Waals surface area contributed by atoms with Crippen molar-refractivity contribution in [1.29, 1.82) is 0 Å². The third-order valence-electron chi connectivity index (χ3n) is 3.76. The Balaban J connectivity index is 1.88. The molecule has 1 atom stereocenters. The van der Waals surface area contributed by atoms with Gasteiger partial charge in [-0.2, -0.15) is 5.10 Å². The van der Waals surface area contributed by atoms with Gasteiger partial charge in [-0.25, -0.2) is 13.1 Å². The van der Waals surface area contributed by atoms with Gasteiger partial charge in [0.05, 0.1) is 29.9 Å². The van der Waals surface area contributed by atoms with Crippen LogP contribution in [0, 0.1) is 0 Å². The number of rotatable bonds is 6. The second kappa shape index (κ2) is 6.57. The molecule has 118 valence electrons. The normalized spacial score (nSPS) is 20.6. The standard InChI is InChI=1S/C13H22N4O3S/c1-3-16(2)12-8-13(18)17(15-9-12)6-5-14-11-4-7-21(19,20)10-11/h8-9,11,14H,3-7,10H2,1-2H3. The molecule has 21 heavy (non-hydrogen) atoms. The first kappa shape index (κ1) is 16.0. The summed E-state index contributed by atoms with van der Waals surface area (Å²) in [7, 11) is -0.963. The van der Waals surface area contributed by atoms with Crippen molar-refractivity contribution in [2.24, 2.45) is 0 Å². The molecule has 1 unspecified atom stereocenters. The van der Waals surface area contributed by atoms with Crippen molar-refractivity contribution in [2.75, 3.05) is 36.5 Å². The van der Waals surface area contributed by atoms with E-state index in [1.165, 1.54) is 4.68 Å². The second-order valence-corrected chi connectivity index (χ2v) is 7.57. The van der Waals surface area contributed by atoms with Gasteiger partial charge < -0.3 is 10.2 Å². The molecule has 1 fully saturated rings. The van der Waals surface area contributed by atoms with Gasteiger partial charge in [0.15, 0.2) is 9.84 Å². The summed E-state index contributed by atoms with van der Waals surface area (Å²) in [5.41, 5.74) is 0.655. The Bertz CT molecular complexity index is 641. The number of nitrogens with one attached hydrogen (secondary N) is 1. The SMILES string of the molecule is CCN(C)c1cnn(CCNC2CCS(=O)(=O)C2)c(=O)c1. The fraction of sp³-hybridized carbons (Fsp3) is 0.692. The van der Waals surface area contributed by atoms with Crippen molar-refractivity contribution >= 4 is 15.5 Å². The van der Waals surface area contributed by atoms with E-state index in [4.69, 9.17) is 0 Å². The molecule has 0 bridgehead atoms. The maximum absolute atomic E-state index is 11.9. The molecule has 2 heterocycles. The average Bonchev–Trinajstić information content (AvgIpc) is 2.79. The van der Waals surface area contributed by atoms with Crippen molar-refractivity contribution in [3.63, 3.8) is 0 Å². The molecule has 1 N–H and O–H groups in total. The Morgan fingerprint density at radius 2 is 2.29 bits per heavy atom. The van der Waals surface area contributed by atoms with E-state index in [1.807, 2.05) is 18.9 Å². The predicted octanol–water partition coefficient (Wildman–Crippen LogP) is -0.524. The van der Waals surface area contributed by atoms with E-state index in [2.05, 4.69) is 10.4 Å². The highest BCUT2D eigenvalue weighted by atomic mass is 32.2. The average molecular weight is 314 g/mol. The molecule has 0 radical (unpaired) electrons. The lowest BCUT2D eigenvalue weighted by atomic mass is 10.3. The van der Waals surface area contributed by atoms with Crippen LogP contribution in [0.2, 0.25) is 0 Å². The lowest BCUT2D eigenvalue weighted by molar-refractivity contribution is 0.487. The van der Waals surface area contributed by atoms with Gasteiger partial charge in [-0.05, 0) is 13.3 Å². The van der Waals surface area contributed by atoms with Crippen LogP contribution in [0.5, 0.6) is 0 Å². The number of aromatic nitrogens is 2. The van der Waals surface area contributed by atoms with E-state index >= 15 is 0 Å². The first-order valence-electron chi connectivity index (χ1n) is 7.13. The Kier molecular flexibility index (Phi) is 5.00. The molecule has 0 aliphatic carbocycles. The summed E-state index contributed by atoms with van der Waals surface area (Å²) in [4.78, 5) is 13.9. The van der Waals surface area contributed by atoms with E-state index in [0.29, 0.717) is 19.5 Å². The van der Waals surface area contributed by atoms with Crippen LogP contribution < -0.4 is 15.8 Å². The molecule has 2 rings (SSSR count). The van der Waals surface area contributed by atoms with Crippen molar-refractivity contribution in [1.82, 2.24) is 15.1 Å². The highest BCUT2D eigenvalue weighted by molar-refractivity contribution is 7.91. The topological polar surface area (TPSA) is 84.3 Å². The van der Waals surface area contributed by atoms with Crippen molar-refractivity contribution in [3.8, 4) is 0 Å². The van der Waals surface area contributed by atoms with Crippen LogP contribution in [0.3, 0.4) is 0 Å². The Hall–Kier alpha value is -1.41. The van der Waals surface area contributed by atoms with E-state index in [1.54, 1.807) is 12.3 Å². The number of hydrogen-bond donors (Lipinski definition) is 1. The monoisotopic (exact) mass is 314 g/mol. The molecule has 0 saturated carbocycles. The minimum atomic E-state index is -2.87. The molecule has 0 aromatic carbocycles. The summed E-state index contributed by atoms with van der Waals surface area (Å²) in [5, 5.41) is 7.32. The summed E-state index contributed by atoms with van der Waals surface area (Å²) in [6.45, 7) is 3.79. The van der Waals surface area contributed by atoms with Gasteiger partial charge in [0.1, 0.15) is 0 Å². The number of anilines is 1. The van der Waals surface area contributed by atoms with Crippen molar-refractivity contribution < 1.29 is 8.42 Å². The lowest BCUT2D eigenvalue weighted by Gasteiger charge is -2.16. The van der Waals surface area contributed by atoms with Crippen molar-refractivity contribution in [3.05, 3.63) is 22.6 Å². The van der Waals surface area contributed by atoms with E-state index in [0.717, 1.165) is 12.2 Å². The maximum atomic E-state index is 11.9. The largest absolute Gasteiger partial charge is 0.373 e. The Morgan fingerprint density at radius 3 is 2.86 bits per heavy atom. The highest BCUT2D eigenvalue weighted by Gasteiger charge is 2.27. The lowest BCUT2D eigenvalue weighted by Crippen LogP contribution is -2.35. The molecule has 1 aromatic rings. The summed E-state index contributed by atoms with van der Waals surface area (Å²) in [6.07, 6.45) is 2.32. The van der Waals surface area contributed by atoms with E-state index in [9.17, 15) is 13.2 Å². The Labute approximate surface area is 124 Å². The summed E-state index contributed by atoms with van der Waals surface area (Å²) in [6, 6.07) is 1.56. The third-order valence-corrected chi connectivity index (χ3v) is 5.53. The predicted molar refractivity (Wildman–Crippen MR) is 82.5 cm³/mol. The first-order chi connectivity index (χ1) is 9.91. The molecule has 1 saturated heterocycles. The molecule has 1 aliphatic heterocycles. The maximum Gasteiger partial charge on any atom is 0.268 e. The van der Waals surface area contributed by atoms with Crippen LogP contribution in [0.15, 0.2) is 17.1 Å². The molecule has 1 aromatic heterocycles. The molecular weight excluding hydrogens is 292 g/mol. The fourth-order valence-electron chi connectivity index (χ4n) is 2.31. The number of hydrogen-bond acceptors (Lipinski definition) is 6. The molecule has 0 amide bonds. The number of nitrogens with zero attached hydrogens (tertiary/aromatic N) is 3. The zero-order valence-electron chi connectivity index (χ0n) is 12.4. The molecule has 1 aliphatic rings. The number of sulfone groups is 1. The molecular formula is C13H22N4O3S. The quantitative estimate of drug-likeness (QED) is 0.760. The summed E-state index contributed by atoms with van der Waals surface area (Å²) >= 11 is 0. The van der Waals surface area contributed by atoms with E-state index < -0.39 is 9.84 Å². The molecule has 8 heteroatoms. The van der Waals surface area contributed by atoms with Gasteiger partial charge in [-0.15, -0.1) is 0 Å². The zero-order valence-corrected chi connectivity index (χ0v) is 13.3. The van der Waals surface area contributed by atoms with Crippen LogP contribution in [0.1, 0.15) is 13.3 Å². The smallest absolute Gasteiger partial charge is 0.268 e. The Morgan fingerprint density at radius 1 is 1.52 bits per heavy atom. The summed E-state index contributed by atoms with van der Waals surface area (Å²) < 4.78 is 24.1. The van der Waals surface area contributed by atoms with Crippen molar-refractivity contribution in [2.45, 2.75) is 25.9 Å². The fourth-order valence-corrected chi connectivity index (χ4v) is 4.02. The van der Waals surface area contributed by atoms with E-state index in [-0.39, 0.29) is 23.1 Å². The minimum Gasteiger partial charge on any atom is -0.373 e. The highest BCUT2D eigenvalue weighted by Crippen LogP contribution is 2.10. The van der Waals surface area contributed by atoms with Crippen LogP contribution in [0.4, 0.5) is 5.69 Å². The third kappa shape index (κ3) is 4.28. The van der Waals surface area contributed by atoms with Crippen LogP contribution >= 0.6 is 0 Å². The van der Waals surface area contributed by atoms with Gasteiger partial charge in [0.25, 0.3) is 5.56 Å². The molecule has 0 spiro atoms. The van der Waals surface area contributed by atoms with Crippen LogP contribution in [-0.4, -0.2) is 55.9 Å². The first-order valence-corrected chi connectivity index (χ1v) is 8.95. The van der Waals surface area contributed by atoms with Gasteiger partial charge in [-0.3, -0.25) is 4.79 Å². The minimum absolute atomic E-state index is 0.00352. The second-order valence-electron chi connectivity index (χ2n) is 5.34. The molecule has 7 nitrogen and oxygen atoms in total. The van der Waals surface area contributed by atoms with Gasteiger partial charge in [0, 0.05) is 32.2 Å². The van der Waals surface area contributed by atoms with Gasteiger partial charge in [0.2, 0.25) is 0 Å². The van der Waals surface area contributed by atoms with Crippen LogP contribution in [0.25, 0.3) is 0 Å². The zero-order chi connectivity index (χ0) is 15.5. The van der Waals surface area contributed by atoms with Gasteiger partial charge in [-0.1, -0.05) is 0 Å². The van der Waals surface area contributed by atoms with Crippen LogP contribution in [-0.2, 0) is 16.4 Å². The summed E-state index contributed by atoms with van der Waals surface area (Å²) in [5.74, 6) is 0.441.